The van der Waals surface area contributed by atoms with Crippen LogP contribution in [0.4, 0.5) is 0 Å². The van der Waals surface area contributed by atoms with Gasteiger partial charge in [-0.1, -0.05) is 44.2 Å². The lowest BCUT2D eigenvalue weighted by atomic mass is 9.86. The summed E-state index contributed by atoms with van der Waals surface area (Å²) in [6, 6.07) is 14.4. The Morgan fingerprint density at radius 2 is 1.86 bits per heavy atom. The largest absolute Gasteiger partial charge is 0.459 e. The van der Waals surface area contributed by atoms with E-state index in [0.717, 1.165) is 12.0 Å². The van der Waals surface area contributed by atoms with Gasteiger partial charge < -0.3 is 19.3 Å². The number of carbonyl (C=O) groups is 1. The number of sulfone groups is 1. The van der Waals surface area contributed by atoms with Crippen LogP contribution in [0.25, 0.3) is 10.9 Å². The van der Waals surface area contributed by atoms with Gasteiger partial charge in [0.15, 0.2) is 16.1 Å². The highest BCUT2D eigenvalue weighted by Gasteiger charge is 2.43. The number of hydrogen-bond acceptors (Lipinski definition) is 8. The van der Waals surface area contributed by atoms with Crippen molar-refractivity contribution in [1.29, 1.82) is 0 Å². The Bertz CT molecular complexity index is 1550. The van der Waals surface area contributed by atoms with Gasteiger partial charge in [0.25, 0.3) is 5.56 Å². The smallest absolute Gasteiger partial charge is 0.306 e. The number of fused-ring (bicyclic) bond motifs is 2. The molecule has 0 aliphatic carbocycles. The van der Waals surface area contributed by atoms with Crippen LogP contribution < -0.4 is 5.56 Å². The molecule has 0 radical (unpaired) electrons. The second kappa shape index (κ2) is 14.4. The Kier molecular flexibility index (Phi) is 10.6. The molecule has 0 saturated carbocycles. The van der Waals surface area contributed by atoms with E-state index in [-0.39, 0.29) is 59.4 Å². The lowest BCUT2D eigenvalue weighted by Crippen LogP contribution is -2.29. The van der Waals surface area contributed by atoms with Crippen LogP contribution in [-0.4, -0.2) is 66.7 Å². The van der Waals surface area contributed by atoms with E-state index in [1.54, 1.807) is 6.07 Å². The number of H-pyrrole nitrogens is 2. The highest BCUT2D eigenvalue weighted by Crippen LogP contribution is 2.34. The lowest BCUT2D eigenvalue weighted by molar-refractivity contribution is -0.151. The molecule has 2 fully saturated rings. The minimum Gasteiger partial charge on any atom is -0.459 e. The monoisotopic (exact) mass is 628 g/mol. The van der Waals surface area contributed by atoms with Gasteiger partial charge in [0.05, 0.1) is 46.3 Å². The van der Waals surface area contributed by atoms with E-state index in [4.69, 9.17) is 14.2 Å². The molecule has 3 N–H and O–H groups in total. The lowest BCUT2D eigenvalue weighted by Gasteiger charge is -2.26. The van der Waals surface area contributed by atoms with E-state index in [2.05, 4.69) is 10.2 Å². The molecule has 2 aliphatic rings. The fourth-order valence-electron chi connectivity index (χ4n) is 6.53. The van der Waals surface area contributed by atoms with Gasteiger partial charge >= 0.3 is 5.97 Å². The molecule has 11 heteroatoms. The molecule has 2 saturated heterocycles. The molecule has 3 heterocycles. The number of ether oxygens (including phenoxy) is 3. The van der Waals surface area contributed by atoms with Crippen molar-refractivity contribution >= 4 is 26.7 Å². The Morgan fingerprint density at radius 1 is 1.07 bits per heavy atom. The van der Waals surface area contributed by atoms with Crippen LogP contribution in [-0.2, 0) is 35.3 Å². The van der Waals surface area contributed by atoms with E-state index < -0.39 is 21.2 Å². The van der Waals surface area contributed by atoms with Crippen LogP contribution in [0.3, 0.4) is 0 Å². The van der Waals surface area contributed by atoms with Crippen molar-refractivity contribution in [3.8, 4) is 0 Å². The van der Waals surface area contributed by atoms with E-state index in [9.17, 15) is 23.1 Å². The van der Waals surface area contributed by atoms with Gasteiger partial charge in [0, 0.05) is 6.42 Å². The SMILES string of the molecule is CC(C)CC(CC[C@@H](O)[C@@H](CCCC(=O)OC1CO[C@H]2OCCC12)Cc1ccccc1)S(=O)(=O)c1ccc2[nH][nH]c(=O)c2c1. The maximum absolute atomic E-state index is 13.8. The number of carbonyl (C=O) groups excluding carboxylic acids is 1. The molecule has 5 rings (SSSR count). The first kappa shape index (κ1) is 32.4. The number of aliphatic hydroxyl groups excluding tert-OH is 1. The van der Waals surface area contributed by atoms with Gasteiger partial charge in [-0.15, -0.1) is 0 Å². The fourth-order valence-corrected chi connectivity index (χ4v) is 8.54. The van der Waals surface area contributed by atoms with Crippen LogP contribution in [0, 0.1) is 17.8 Å². The molecule has 1 aromatic heterocycles. The molecule has 6 atom stereocenters. The molecule has 240 valence electrons. The fraction of sp³-hybridized carbons (Fsp3) is 0.576. The van der Waals surface area contributed by atoms with Crippen molar-refractivity contribution in [1.82, 2.24) is 10.2 Å². The van der Waals surface area contributed by atoms with Crippen LogP contribution in [0.5, 0.6) is 0 Å². The van der Waals surface area contributed by atoms with Gasteiger partial charge in [0.2, 0.25) is 0 Å². The quantitative estimate of drug-likeness (QED) is 0.208. The first-order valence-corrected chi connectivity index (χ1v) is 17.3. The van der Waals surface area contributed by atoms with Crippen molar-refractivity contribution in [2.75, 3.05) is 13.2 Å². The molecular formula is C33H44N2O8S. The summed E-state index contributed by atoms with van der Waals surface area (Å²) < 4.78 is 44.4. The maximum atomic E-state index is 13.8. The average molecular weight is 629 g/mol. The molecule has 44 heavy (non-hydrogen) atoms. The molecule has 0 bridgehead atoms. The molecule has 0 spiro atoms. The second-order valence-electron chi connectivity index (χ2n) is 12.6. The Morgan fingerprint density at radius 3 is 2.64 bits per heavy atom. The van der Waals surface area contributed by atoms with Crippen LogP contribution in [0.15, 0.2) is 58.2 Å². The number of esters is 1. The number of rotatable bonds is 15. The van der Waals surface area contributed by atoms with Gasteiger partial charge in [-0.25, -0.2) is 8.42 Å². The van der Waals surface area contributed by atoms with Gasteiger partial charge in [-0.2, -0.15) is 0 Å². The summed E-state index contributed by atoms with van der Waals surface area (Å²) in [7, 11) is -3.77. The second-order valence-corrected chi connectivity index (χ2v) is 14.9. The third-order valence-corrected chi connectivity index (χ3v) is 11.2. The van der Waals surface area contributed by atoms with Crippen LogP contribution >= 0.6 is 0 Å². The number of benzene rings is 2. The normalized spacial score (nSPS) is 22.2. The van der Waals surface area contributed by atoms with Crippen LogP contribution in [0.2, 0.25) is 0 Å². The molecular weight excluding hydrogens is 584 g/mol. The Labute approximate surface area is 258 Å². The van der Waals surface area contributed by atoms with Gasteiger partial charge in [0.1, 0.15) is 6.10 Å². The summed E-state index contributed by atoms with van der Waals surface area (Å²) in [5, 5.41) is 16.3. The summed E-state index contributed by atoms with van der Waals surface area (Å²) in [6.45, 7) is 4.93. The number of aliphatic hydroxyl groups is 1. The summed E-state index contributed by atoms with van der Waals surface area (Å²) in [5.41, 5.74) is 1.26. The number of hydrogen-bond donors (Lipinski definition) is 3. The van der Waals surface area contributed by atoms with Crippen LogP contribution in [0.1, 0.15) is 64.4 Å². The predicted octanol–water partition coefficient (Wildman–Crippen LogP) is 4.52. The maximum Gasteiger partial charge on any atom is 0.306 e. The van der Waals surface area contributed by atoms with Crippen molar-refractivity contribution in [2.45, 2.75) is 93.9 Å². The third kappa shape index (κ3) is 7.80. The van der Waals surface area contributed by atoms with Crippen molar-refractivity contribution in [2.24, 2.45) is 17.8 Å². The number of nitrogens with one attached hydrogen (secondary N) is 2. The average Bonchev–Trinajstić information content (AvgIpc) is 3.72. The predicted molar refractivity (Wildman–Crippen MR) is 166 cm³/mol. The highest BCUT2D eigenvalue weighted by molar-refractivity contribution is 7.92. The van der Waals surface area contributed by atoms with Gasteiger partial charge in [-0.3, -0.25) is 19.8 Å². The third-order valence-electron chi connectivity index (χ3n) is 8.94. The topological polar surface area (TPSA) is 148 Å². The first-order chi connectivity index (χ1) is 21.1. The highest BCUT2D eigenvalue weighted by atomic mass is 32.2. The number of aromatic amines is 2. The molecule has 3 aromatic rings. The minimum absolute atomic E-state index is 0.0901. The molecule has 0 amide bonds. The first-order valence-electron chi connectivity index (χ1n) is 15.7. The van der Waals surface area contributed by atoms with E-state index >= 15 is 0 Å². The van der Waals surface area contributed by atoms with Crippen molar-refractivity contribution in [3.63, 3.8) is 0 Å². The summed E-state index contributed by atoms with van der Waals surface area (Å²) in [6.07, 6.45) is 2.51. The minimum atomic E-state index is -3.77. The molecule has 3 unspecified atom stereocenters. The standard InChI is InChI=1S/C33H44N2O8S/c1-21(2)17-24(44(39,40)25-11-13-28-27(19-25)32(38)35-34-28)12-14-29(36)23(18-22-7-4-3-5-8-22)9-6-10-31(37)43-30-20-42-33-26(30)15-16-41-33/h3-5,7-8,11,13,19,21,23-24,26,29-30,33,36H,6,9-10,12,14-18,20H2,1-2H3,(H2,34,35,38)/t23-,24?,26?,29+,30?,33+/m0/s1. The van der Waals surface area contributed by atoms with E-state index in [1.807, 2.05) is 44.2 Å². The Hall–Kier alpha value is -2.99. The van der Waals surface area contributed by atoms with Gasteiger partial charge in [-0.05, 0) is 80.5 Å². The molecule has 2 aromatic carbocycles. The van der Waals surface area contributed by atoms with Crippen molar-refractivity contribution in [3.05, 3.63) is 64.4 Å². The summed E-state index contributed by atoms with van der Waals surface area (Å²) in [4.78, 5) is 24.9. The zero-order valence-electron chi connectivity index (χ0n) is 25.4. The molecule has 10 nitrogen and oxygen atoms in total. The van der Waals surface area contributed by atoms with E-state index in [0.29, 0.717) is 56.2 Å². The number of aromatic nitrogens is 2. The summed E-state index contributed by atoms with van der Waals surface area (Å²) >= 11 is 0. The zero-order valence-corrected chi connectivity index (χ0v) is 26.3. The Balaban J connectivity index is 1.23. The van der Waals surface area contributed by atoms with Crippen molar-refractivity contribution < 1.29 is 32.5 Å². The van der Waals surface area contributed by atoms with E-state index in [1.165, 1.54) is 12.1 Å². The molecule has 2 aliphatic heterocycles. The zero-order chi connectivity index (χ0) is 31.3. The summed E-state index contributed by atoms with van der Waals surface area (Å²) in [5.74, 6) is -0.230.